The molecular formula is C23H25N4S2. The van der Waals surface area contributed by atoms with Gasteiger partial charge in [-0.1, -0.05) is 47.7 Å². The van der Waals surface area contributed by atoms with Crippen LogP contribution in [-0.4, -0.2) is 38.2 Å². The predicted molar refractivity (Wildman–Crippen MR) is 123 cm³/mol. The van der Waals surface area contributed by atoms with Crippen LogP contribution in [0.25, 0.3) is 15.9 Å². The van der Waals surface area contributed by atoms with Crippen molar-refractivity contribution in [1.82, 2.24) is 20.0 Å². The Morgan fingerprint density at radius 1 is 1.21 bits per heavy atom. The Morgan fingerprint density at radius 3 is 2.83 bits per heavy atom. The Hall–Kier alpha value is -1.89. The van der Waals surface area contributed by atoms with Crippen LogP contribution in [0.1, 0.15) is 42.8 Å². The Morgan fingerprint density at radius 2 is 2.03 bits per heavy atom. The summed E-state index contributed by atoms with van der Waals surface area (Å²) in [6.45, 7) is 5.43. The summed E-state index contributed by atoms with van der Waals surface area (Å²) in [6, 6.07) is 15.4. The van der Waals surface area contributed by atoms with Crippen LogP contribution in [0.5, 0.6) is 0 Å². The first-order valence-corrected chi connectivity index (χ1v) is 12.2. The van der Waals surface area contributed by atoms with Gasteiger partial charge >= 0.3 is 0 Å². The molecule has 6 heteroatoms. The minimum Gasteiger partial charge on any atom is -0.340 e. The molecule has 2 atom stereocenters. The minimum absolute atomic E-state index is 0.269. The molecule has 0 bridgehead atoms. The Balaban J connectivity index is 1.45. The van der Waals surface area contributed by atoms with E-state index >= 15 is 0 Å². The third-order valence-electron chi connectivity index (χ3n) is 5.70. The van der Waals surface area contributed by atoms with Crippen LogP contribution in [0, 0.1) is 13.1 Å². The number of imidazole rings is 1. The molecule has 1 N–H and O–H groups in total. The highest BCUT2D eigenvalue weighted by Gasteiger charge is 2.37. The number of fused-ring (bicyclic) bond motifs is 1. The molecule has 0 amide bonds. The number of aryl methyl sites for hydroxylation is 1. The summed E-state index contributed by atoms with van der Waals surface area (Å²) in [5, 5.41) is 5.09. The van der Waals surface area contributed by atoms with Crippen molar-refractivity contribution in [1.29, 1.82) is 0 Å². The zero-order chi connectivity index (χ0) is 20.0. The van der Waals surface area contributed by atoms with Crippen molar-refractivity contribution >= 4 is 39.5 Å². The topological polar surface area (TPSA) is 35.2 Å². The number of aromatic amines is 1. The lowest BCUT2D eigenvalue weighted by atomic mass is 10.1. The molecule has 3 heterocycles. The van der Waals surface area contributed by atoms with Gasteiger partial charge < -0.3 is 4.98 Å². The Labute approximate surface area is 180 Å². The van der Waals surface area contributed by atoms with Gasteiger partial charge in [0.05, 0.1) is 28.6 Å². The van der Waals surface area contributed by atoms with E-state index in [0.717, 1.165) is 29.8 Å². The smallest absolute Gasteiger partial charge is 0.126 e. The molecule has 0 aliphatic carbocycles. The van der Waals surface area contributed by atoms with Crippen molar-refractivity contribution in [3.05, 3.63) is 65.6 Å². The van der Waals surface area contributed by atoms with Crippen LogP contribution in [0.2, 0.25) is 0 Å². The molecule has 1 radical (unpaired) electrons. The molecule has 1 aromatic heterocycles. The molecule has 1 unspecified atom stereocenters. The highest BCUT2D eigenvalue weighted by atomic mass is 32.2. The van der Waals surface area contributed by atoms with E-state index in [1.807, 2.05) is 11.8 Å². The molecule has 4 nitrogen and oxygen atoms in total. The van der Waals surface area contributed by atoms with Crippen LogP contribution < -0.4 is 0 Å². The van der Waals surface area contributed by atoms with E-state index in [1.54, 1.807) is 11.8 Å². The van der Waals surface area contributed by atoms with Gasteiger partial charge in [-0.2, -0.15) is 0 Å². The summed E-state index contributed by atoms with van der Waals surface area (Å²) >= 11 is 3.65. The van der Waals surface area contributed by atoms with Gasteiger partial charge in [-0.25, -0.2) is 9.99 Å². The fraction of sp³-hybridized carbons (Fsp3) is 0.348. The number of nitrogens with zero attached hydrogens (tertiary/aromatic N) is 3. The molecule has 2 aromatic carbocycles. The highest BCUT2D eigenvalue weighted by Crippen LogP contribution is 2.43. The zero-order valence-electron chi connectivity index (χ0n) is 17.0. The quantitative estimate of drug-likeness (QED) is 0.535. The third kappa shape index (κ3) is 3.47. The van der Waals surface area contributed by atoms with Crippen molar-refractivity contribution in [3.63, 3.8) is 0 Å². The first-order valence-electron chi connectivity index (χ1n) is 10.1. The lowest BCUT2D eigenvalue weighted by molar-refractivity contribution is -0.00548. The second kappa shape index (κ2) is 7.74. The molecule has 2 aliphatic rings. The van der Waals surface area contributed by atoms with Gasteiger partial charge in [0.1, 0.15) is 5.82 Å². The van der Waals surface area contributed by atoms with E-state index in [9.17, 15) is 0 Å². The van der Waals surface area contributed by atoms with E-state index in [2.05, 4.69) is 83.8 Å². The Kier molecular flexibility index (Phi) is 5.10. The summed E-state index contributed by atoms with van der Waals surface area (Å²) in [4.78, 5) is 11.1. The minimum atomic E-state index is 0.269. The number of benzene rings is 2. The standard InChI is InChI=1S/C23H25N4S2/c1-15-9-11-17(12-10-15)21-14-27(16(2)29-21)26-13-5-7-19(26)23-24-18-6-4-8-20(28-3)22(18)25-23/h4,6,8-12,16,19H,5,7,13H2,1-3H3,(H,24,25)/t16?,19-/m0/s1. The number of nitrogens with one attached hydrogen (secondary N) is 1. The lowest BCUT2D eigenvalue weighted by Crippen LogP contribution is -2.41. The molecule has 0 saturated carbocycles. The van der Waals surface area contributed by atoms with Crippen molar-refractivity contribution in [2.24, 2.45) is 0 Å². The molecule has 2 aliphatic heterocycles. The summed E-state index contributed by atoms with van der Waals surface area (Å²) < 4.78 is 0. The normalized spacial score (nSPS) is 22.6. The monoisotopic (exact) mass is 421 g/mol. The number of H-pyrrole nitrogens is 1. The maximum Gasteiger partial charge on any atom is 0.126 e. The van der Waals surface area contributed by atoms with Crippen molar-refractivity contribution in [2.45, 2.75) is 43.0 Å². The summed E-state index contributed by atoms with van der Waals surface area (Å²) in [7, 11) is 0. The van der Waals surface area contributed by atoms with Crippen LogP contribution in [-0.2, 0) is 0 Å². The van der Waals surface area contributed by atoms with E-state index < -0.39 is 0 Å². The SMILES string of the molecule is CSc1cccc2nc([C@@H]3CCCN3N3[C]=C(c4ccc(C)cc4)SC3C)[nH]c12. The van der Waals surface area contributed by atoms with Crippen LogP contribution in [0.3, 0.4) is 0 Å². The van der Waals surface area contributed by atoms with E-state index in [0.29, 0.717) is 5.37 Å². The van der Waals surface area contributed by atoms with Crippen molar-refractivity contribution in [3.8, 4) is 0 Å². The third-order valence-corrected chi connectivity index (χ3v) is 7.58. The average molecular weight is 422 g/mol. The number of hydrogen-bond donors (Lipinski definition) is 1. The first kappa shape index (κ1) is 19.1. The molecule has 1 saturated heterocycles. The number of para-hydroxylation sites is 1. The average Bonchev–Trinajstić information content (AvgIpc) is 3.45. The van der Waals surface area contributed by atoms with Gasteiger partial charge in [0, 0.05) is 16.3 Å². The van der Waals surface area contributed by atoms with Gasteiger partial charge in [0.15, 0.2) is 0 Å². The van der Waals surface area contributed by atoms with Gasteiger partial charge in [-0.3, -0.25) is 5.01 Å². The number of hydrogen-bond acceptors (Lipinski definition) is 5. The molecule has 5 rings (SSSR count). The van der Waals surface area contributed by atoms with Crippen LogP contribution in [0.4, 0.5) is 0 Å². The maximum atomic E-state index is 4.96. The maximum absolute atomic E-state index is 4.96. The summed E-state index contributed by atoms with van der Waals surface area (Å²) in [5.41, 5.74) is 4.75. The van der Waals surface area contributed by atoms with E-state index in [1.165, 1.54) is 27.3 Å². The van der Waals surface area contributed by atoms with Gasteiger partial charge in [0.25, 0.3) is 0 Å². The van der Waals surface area contributed by atoms with Crippen molar-refractivity contribution in [2.75, 3.05) is 12.8 Å². The van der Waals surface area contributed by atoms with Gasteiger partial charge in [-0.15, -0.1) is 11.8 Å². The number of hydrazine groups is 1. The second-order valence-electron chi connectivity index (χ2n) is 7.67. The van der Waals surface area contributed by atoms with Crippen LogP contribution in [0.15, 0.2) is 47.4 Å². The molecular weight excluding hydrogens is 396 g/mol. The van der Waals surface area contributed by atoms with E-state index in [-0.39, 0.29) is 6.04 Å². The fourth-order valence-corrected chi connectivity index (χ4v) is 5.80. The Bertz CT molecular complexity index is 1060. The largest absolute Gasteiger partial charge is 0.340 e. The molecule has 149 valence electrons. The number of rotatable bonds is 4. The van der Waals surface area contributed by atoms with Crippen LogP contribution >= 0.6 is 23.5 Å². The molecule has 3 aromatic rings. The van der Waals surface area contributed by atoms with Gasteiger partial charge in [-0.05, 0) is 50.6 Å². The fourth-order valence-electron chi connectivity index (χ4n) is 4.19. The predicted octanol–water partition coefficient (Wildman–Crippen LogP) is 5.84. The highest BCUT2D eigenvalue weighted by molar-refractivity contribution is 8.09. The van der Waals surface area contributed by atoms with E-state index in [4.69, 9.17) is 4.98 Å². The summed E-state index contributed by atoms with van der Waals surface area (Å²) in [6.07, 6.45) is 8.07. The summed E-state index contributed by atoms with van der Waals surface area (Å²) in [5.74, 6) is 1.07. The first-order chi connectivity index (χ1) is 14.1. The van der Waals surface area contributed by atoms with Crippen molar-refractivity contribution < 1.29 is 0 Å². The molecule has 1 fully saturated rings. The molecule has 29 heavy (non-hydrogen) atoms. The number of thioether (sulfide) groups is 2. The van der Waals surface area contributed by atoms with Gasteiger partial charge in [0.2, 0.25) is 0 Å². The zero-order valence-corrected chi connectivity index (χ0v) is 18.6. The molecule has 0 spiro atoms. The number of aromatic nitrogens is 2. The second-order valence-corrected chi connectivity index (χ2v) is 9.84. The lowest BCUT2D eigenvalue weighted by Gasteiger charge is -2.34.